The second-order valence-electron chi connectivity index (χ2n) is 3.88. The highest BCUT2D eigenvalue weighted by molar-refractivity contribution is 5.79. The zero-order chi connectivity index (χ0) is 11.5. The Bertz CT molecular complexity index is 273. The van der Waals surface area contributed by atoms with Crippen LogP contribution in [0.3, 0.4) is 0 Å². The second-order valence-corrected chi connectivity index (χ2v) is 3.88. The van der Waals surface area contributed by atoms with Crippen LogP contribution in [0.4, 0.5) is 8.78 Å². The number of esters is 1. The van der Waals surface area contributed by atoms with Gasteiger partial charge in [0, 0.05) is 13.1 Å². The Kier molecular flexibility index (Phi) is 3.79. The number of hydrogen-bond donors (Lipinski definition) is 1. The summed E-state index contributed by atoms with van der Waals surface area (Å²) in [6.07, 6.45) is 0.709. The maximum absolute atomic E-state index is 12.7. The van der Waals surface area contributed by atoms with Gasteiger partial charge in [0.05, 0.1) is 6.42 Å². The smallest absolute Gasteiger partial charge is 0.377 e. The maximum Gasteiger partial charge on any atom is 0.377 e. The molecule has 1 heterocycles. The molecule has 0 aromatic rings. The molecule has 86 valence electrons. The summed E-state index contributed by atoms with van der Waals surface area (Å²) in [5, 5.41) is 2.93. The van der Waals surface area contributed by atoms with Crippen LogP contribution in [0.2, 0.25) is 0 Å². The normalized spacial score (nSPS) is 23.7. The summed E-state index contributed by atoms with van der Waals surface area (Å²) in [5.41, 5.74) is 1.15. The van der Waals surface area contributed by atoms with E-state index in [-0.39, 0.29) is 6.54 Å². The molecular weight excluding hydrogens is 204 g/mol. The van der Waals surface area contributed by atoms with E-state index in [9.17, 15) is 13.6 Å². The van der Waals surface area contributed by atoms with E-state index in [4.69, 9.17) is 0 Å². The molecule has 15 heavy (non-hydrogen) atoms. The SMILES string of the molecule is CC(C)=CCNCC1CC(F)(F)C(=O)O1. The fraction of sp³-hybridized carbons (Fsp3) is 0.700. The molecule has 0 radical (unpaired) electrons. The summed E-state index contributed by atoms with van der Waals surface area (Å²) in [5.74, 6) is -4.71. The third-order valence-electron chi connectivity index (χ3n) is 2.08. The van der Waals surface area contributed by atoms with E-state index in [1.54, 1.807) is 0 Å². The van der Waals surface area contributed by atoms with Gasteiger partial charge in [0.1, 0.15) is 6.10 Å². The molecule has 0 aromatic carbocycles. The quantitative estimate of drug-likeness (QED) is 0.442. The Morgan fingerprint density at radius 3 is 2.80 bits per heavy atom. The summed E-state index contributed by atoms with van der Waals surface area (Å²) in [7, 11) is 0. The van der Waals surface area contributed by atoms with Crippen molar-refractivity contribution in [3.8, 4) is 0 Å². The van der Waals surface area contributed by atoms with Crippen LogP contribution in [0.5, 0.6) is 0 Å². The molecule has 0 amide bonds. The fourth-order valence-corrected chi connectivity index (χ4v) is 1.28. The molecule has 0 aromatic heterocycles. The highest BCUT2D eigenvalue weighted by Gasteiger charge is 2.50. The Morgan fingerprint density at radius 2 is 2.33 bits per heavy atom. The van der Waals surface area contributed by atoms with Crippen LogP contribution in [0.1, 0.15) is 20.3 Å². The van der Waals surface area contributed by atoms with E-state index >= 15 is 0 Å². The standard InChI is InChI=1S/C10H15F2NO2/c1-7(2)3-4-13-6-8-5-10(11,12)9(14)15-8/h3,8,13H,4-6H2,1-2H3. The van der Waals surface area contributed by atoms with Crippen molar-refractivity contribution >= 4 is 5.97 Å². The third-order valence-corrected chi connectivity index (χ3v) is 2.08. The molecule has 5 heteroatoms. The van der Waals surface area contributed by atoms with Gasteiger partial charge in [-0.1, -0.05) is 11.6 Å². The summed E-state index contributed by atoms with van der Waals surface area (Å²) in [4.78, 5) is 10.6. The molecule has 1 fully saturated rings. The summed E-state index contributed by atoms with van der Waals surface area (Å²) < 4.78 is 29.9. The molecule has 0 spiro atoms. The van der Waals surface area contributed by atoms with E-state index in [2.05, 4.69) is 10.1 Å². The highest BCUT2D eigenvalue weighted by atomic mass is 19.3. The predicted octanol–water partition coefficient (Wildman–Crippen LogP) is 1.49. The van der Waals surface area contributed by atoms with Gasteiger partial charge in [0.25, 0.3) is 0 Å². The number of hydrogen-bond acceptors (Lipinski definition) is 3. The molecule has 1 saturated heterocycles. The first-order chi connectivity index (χ1) is 6.92. The molecule has 0 bridgehead atoms. The molecule has 1 atom stereocenters. The lowest BCUT2D eigenvalue weighted by atomic mass is 10.2. The summed E-state index contributed by atoms with van der Waals surface area (Å²) in [6, 6.07) is 0. The van der Waals surface area contributed by atoms with Gasteiger partial charge in [-0.15, -0.1) is 0 Å². The fourth-order valence-electron chi connectivity index (χ4n) is 1.28. The first-order valence-electron chi connectivity index (χ1n) is 4.85. The molecule has 1 unspecified atom stereocenters. The summed E-state index contributed by atoms with van der Waals surface area (Å²) >= 11 is 0. The molecule has 1 aliphatic heterocycles. The Labute approximate surface area is 87.5 Å². The number of rotatable bonds is 4. The van der Waals surface area contributed by atoms with Crippen LogP contribution in [-0.2, 0) is 9.53 Å². The van der Waals surface area contributed by atoms with E-state index < -0.39 is 24.4 Å². The van der Waals surface area contributed by atoms with E-state index in [1.807, 2.05) is 19.9 Å². The molecule has 0 aliphatic carbocycles. The van der Waals surface area contributed by atoms with Crippen molar-refractivity contribution in [2.75, 3.05) is 13.1 Å². The monoisotopic (exact) mass is 219 g/mol. The molecular formula is C10H15F2NO2. The maximum atomic E-state index is 12.7. The minimum atomic E-state index is -3.30. The molecule has 0 saturated carbocycles. The van der Waals surface area contributed by atoms with Crippen LogP contribution in [0, 0.1) is 0 Å². The number of carbonyl (C=O) groups excluding carboxylic acids is 1. The van der Waals surface area contributed by atoms with Gasteiger partial charge < -0.3 is 10.1 Å². The lowest BCUT2D eigenvalue weighted by molar-refractivity contribution is -0.158. The van der Waals surface area contributed by atoms with Crippen LogP contribution < -0.4 is 5.32 Å². The van der Waals surface area contributed by atoms with Crippen molar-refractivity contribution in [1.82, 2.24) is 5.32 Å². The van der Waals surface area contributed by atoms with Crippen molar-refractivity contribution < 1.29 is 18.3 Å². The largest absolute Gasteiger partial charge is 0.456 e. The number of carbonyl (C=O) groups is 1. The first kappa shape index (κ1) is 12.1. The van der Waals surface area contributed by atoms with Crippen LogP contribution in [0.25, 0.3) is 0 Å². The average Bonchev–Trinajstić information content (AvgIpc) is 2.35. The van der Waals surface area contributed by atoms with Gasteiger partial charge in [-0.05, 0) is 13.8 Å². The summed E-state index contributed by atoms with van der Waals surface area (Å²) in [6.45, 7) is 4.77. The Balaban J connectivity index is 2.25. The minimum absolute atomic E-state index is 0.269. The van der Waals surface area contributed by atoms with Crippen LogP contribution in [-0.4, -0.2) is 31.1 Å². The zero-order valence-electron chi connectivity index (χ0n) is 8.85. The zero-order valence-corrected chi connectivity index (χ0v) is 8.85. The number of halogens is 2. The molecule has 1 rings (SSSR count). The van der Waals surface area contributed by atoms with E-state index in [0.29, 0.717) is 6.54 Å². The topological polar surface area (TPSA) is 38.3 Å². The number of cyclic esters (lactones) is 1. The molecule has 1 N–H and O–H groups in total. The van der Waals surface area contributed by atoms with E-state index in [0.717, 1.165) is 5.57 Å². The average molecular weight is 219 g/mol. The van der Waals surface area contributed by atoms with Gasteiger partial charge in [0.2, 0.25) is 0 Å². The van der Waals surface area contributed by atoms with Crippen LogP contribution >= 0.6 is 0 Å². The molecule has 3 nitrogen and oxygen atoms in total. The van der Waals surface area contributed by atoms with Crippen LogP contribution in [0.15, 0.2) is 11.6 Å². The molecule has 1 aliphatic rings. The number of allylic oxidation sites excluding steroid dienone is 1. The van der Waals surface area contributed by atoms with Gasteiger partial charge in [-0.2, -0.15) is 8.78 Å². The van der Waals surface area contributed by atoms with Crippen molar-refractivity contribution in [1.29, 1.82) is 0 Å². The predicted molar refractivity (Wildman–Crippen MR) is 51.7 cm³/mol. The van der Waals surface area contributed by atoms with E-state index in [1.165, 1.54) is 0 Å². The highest BCUT2D eigenvalue weighted by Crippen LogP contribution is 2.30. The van der Waals surface area contributed by atoms with Gasteiger partial charge >= 0.3 is 11.9 Å². The first-order valence-corrected chi connectivity index (χ1v) is 4.85. The van der Waals surface area contributed by atoms with Crippen molar-refractivity contribution in [3.05, 3.63) is 11.6 Å². The Morgan fingerprint density at radius 1 is 1.67 bits per heavy atom. The number of nitrogens with one attached hydrogen (secondary N) is 1. The van der Waals surface area contributed by atoms with Gasteiger partial charge in [0.15, 0.2) is 0 Å². The lowest BCUT2D eigenvalue weighted by Gasteiger charge is -2.08. The lowest BCUT2D eigenvalue weighted by Crippen LogP contribution is -2.27. The van der Waals surface area contributed by atoms with Gasteiger partial charge in [-0.3, -0.25) is 0 Å². The second kappa shape index (κ2) is 4.70. The number of alkyl halides is 2. The van der Waals surface area contributed by atoms with Crippen molar-refractivity contribution in [2.45, 2.75) is 32.3 Å². The Hall–Kier alpha value is -0.970. The van der Waals surface area contributed by atoms with Gasteiger partial charge in [-0.25, -0.2) is 4.79 Å². The van der Waals surface area contributed by atoms with Crippen molar-refractivity contribution in [2.24, 2.45) is 0 Å². The van der Waals surface area contributed by atoms with Crippen molar-refractivity contribution in [3.63, 3.8) is 0 Å². The minimum Gasteiger partial charge on any atom is -0.456 e. The number of ether oxygens (including phenoxy) is 1. The third kappa shape index (κ3) is 3.58.